The Morgan fingerprint density at radius 3 is 2.27 bits per heavy atom. The Kier molecular flexibility index (Phi) is 6.68. The Morgan fingerprint density at radius 2 is 1.87 bits per heavy atom. The number of alkyl halides is 1. The van der Waals surface area contributed by atoms with Crippen molar-refractivity contribution in [1.82, 2.24) is 9.32 Å². The van der Waals surface area contributed by atoms with Crippen molar-refractivity contribution < 1.29 is 9.59 Å². The summed E-state index contributed by atoms with van der Waals surface area (Å²) in [6, 6.07) is -0.580. The molecule has 0 saturated heterocycles. The first kappa shape index (κ1) is 14.5. The Morgan fingerprint density at radius 1 is 1.33 bits per heavy atom. The number of amides is 3. The standard InChI is InChI=1S/C9H16Cl2N2O2/c1-4-5-6-7(10)8(14)12(2)9(15)13(3)11/h7H,4-6H2,1-3H3. The van der Waals surface area contributed by atoms with Crippen LogP contribution in [0.4, 0.5) is 4.79 Å². The van der Waals surface area contributed by atoms with Crippen molar-refractivity contribution in [1.29, 1.82) is 0 Å². The Labute approximate surface area is 100 Å². The van der Waals surface area contributed by atoms with Crippen molar-refractivity contribution in [3.8, 4) is 0 Å². The van der Waals surface area contributed by atoms with Crippen LogP contribution in [-0.4, -0.2) is 40.7 Å². The van der Waals surface area contributed by atoms with Crippen LogP contribution in [0.25, 0.3) is 0 Å². The lowest BCUT2D eigenvalue weighted by atomic mass is 10.2. The van der Waals surface area contributed by atoms with Crippen molar-refractivity contribution in [2.75, 3.05) is 14.1 Å². The predicted molar refractivity (Wildman–Crippen MR) is 60.9 cm³/mol. The number of hydrogen-bond donors (Lipinski definition) is 0. The Bertz CT molecular complexity index is 234. The fourth-order valence-corrected chi connectivity index (χ4v) is 1.43. The number of unbranched alkanes of at least 4 members (excludes halogenated alkanes) is 1. The van der Waals surface area contributed by atoms with Gasteiger partial charge in [0, 0.05) is 25.9 Å². The second kappa shape index (κ2) is 6.90. The van der Waals surface area contributed by atoms with E-state index in [0.29, 0.717) is 6.42 Å². The van der Waals surface area contributed by atoms with Gasteiger partial charge in [-0.3, -0.25) is 9.69 Å². The molecule has 0 aliphatic heterocycles. The van der Waals surface area contributed by atoms with E-state index in [4.69, 9.17) is 23.4 Å². The van der Waals surface area contributed by atoms with E-state index >= 15 is 0 Å². The summed E-state index contributed by atoms with van der Waals surface area (Å²) in [4.78, 5) is 23.8. The number of rotatable bonds is 4. The van der Waals surface area contributed by atoms with E-state index in [1.54, 1.807) is 0 Å². The van der Waals surface area contributed by atoms with Gasteiger partial charge in [-0.15, -0.1) is 11.6 Å². The number of hydrogen-bond acceptors (Lipinski definition) is 2. The first-order chi connectivity index (χ1) is 6.91. The van der Waals surface area contributed by atoms with Crippen LogP contribution in [0.5, 0.6) is 0 Å². The molecule has 0 radical (unpaired) electrons. The maximum atomic E-state index is 11.6. The van der Waals surface area contributed by atoms with E-state index in [1.807, 2.05) is 6.92 Å². The van der Waals surface area contributed by atoms with E-state index in [9.17, 15) is 9.59 Å². The molecule has 1 unspecified atom stereocenters. The van der Waals surface area contributed by atoms with E-state index in [1.165, 1.54) is 14.1 Å². The second-order valence-corrected chi connectivity index (χ2v) is 4.30. The van der Waals surface area contributed by atoms with Crippen molar-refractivity contribution >= 4 is 35.3 Å². The van der Waals surface area contributed by atoms with E-state index in [-0.39, 0.29) is 0 Å². The normalized spacial score (nSPS) is 12.1. The molecule has 0 rings (SSSR count). The van der Waals surface area contributed by atoms with Crippen LogP contribution in [0.1, 0.15) is 26.2 Å². The number of urea groups is 1. The zero-order chi connectivity index (χ0) is 12.0. The third kappa shape index (κ3) is 4.71. The summed E-state index contributed by atoms with van der Waals surface area (Å²) in [5.41, 5.74) is 0. The van der Waals surface area contributed by atoms with Gasteiger partial charge >= 0.3 is 6.03 Å². The molecule has 0 aromatic rings. The van der Waals surface area contributed by atoms with Crippen LogP contribution in [0.15, 0.2) is 0 Å². The molecule has 6 heteroatoms. The maximum Gasteiger partial charge on any atom is 0.340 e. The average Bonchev–Trinajstić information content (AvgIpc) is 2.22. The smallest absolute Gasteiger partial charge is 0.273 e. The topological polar surface area (TPSA) is 40.6 Å². The number of carbonyl (C=O) groups excluding carboxylic acids is 2. The summed E-state index contributed by atoms with van der Waals surface area (Å²) in [6.45, 7) is 2.01. The van der Waals surface area contributed by atoms with Gasteiger partial charge in [-0.05, 0) is 6.42 Å². The zero-order valence-corrected chi connectivity index (χ0v) is 10.7. The van der Waals surface area contributed by atoms with Gasteiger partial charge < -0.3 is 0 Å². The SMILES string of the molecule is CCCCC(Cl)C(=O)N(C)C(=O)N(C)Cl. The quantitative estimate of drug-likeness (QED) is 0.571. The van der Waals surface area contributed by atoms with Crippen molar-refractivity contribution in [3.05, 3.63) is 0 Å². The third-order valence-electron chi connectivity index (χ3n) is 1.96. The molecule has 0 spiro atoms. The number of halogens is 2. The zero-order valence-electron chi connectivity index (χ0n) is 9.17. The van der Waals surface area contributed by atoms with Crippen molar-refractivity contribution in [2.24, 2.45) is 0 Å². The number of imide groups is 1. The van der Waals surface area contributed by atoms with Crippen LogP contribution in [0, 0.1) is 0 Å². The minimum Gasteiger partial charge on any atom is -0.273 e. The lowest BCUT2D eigenvalue weighted by Gasteiger charge is -2.20. The van der Waals surface area contributed by atoms with Gasteiger partial charge in [-0.2, -0.15) is 0 Å². The highest BCUT2D eigenvalue weighted by Crippen LogP contribution is 2.11. The predicted octanol–water partition coefficient (Wildman–Crippen LogP) is 2.45. The van der Waals surface area contributed by atoms with Crippen LogP contribution < -0.4 is 0 Å². The highest BCUT2D eigenvalue weighted by Gasteiger charge is 2.25. The molecule has 0 saturated carbocycles. The molecule has 88 valence electrons. The molecule has 0 aliphatic rings. The van der Waals surface area contributed by atoms with Crippen LogP contribution >= 0.6 is 23.4 Å². The molecule has 0 heterocycles. The first-order valence-electron chi connectivity index (χ1n) is 4.76. The van der Waals surface area contributed by atoms with Crippen molar-refractivity contribution in [3.63, 3.8) is 0 Å². The van der Waals surface area contributed by atoms with Gasteiger partial charge in [0.05, 0.1) is 0 Å². The molecule has 0 aromatic carbocycles. The average molecular weight is 255 g/mol. The van der Waals surface area contributed by atoms with Crippen LogP contribution in [0.2, 0.25) is 0 Å². The van der Waals surface area contributed by atoms with Gasteiger partial charge in [0.25, 0.3) is 0 Å². The minimum absolute atomic E-state index is 0.414. The minimum atomic E-state index is -0.657. The summed E-state index contributed by atoms with van der Waals surface area (Å²) in [5, 5.41) is -0.657. The third-order valence-corrected chi connectivity index (χ3v) is 2.51. The highest BCUT2D eigenvalue weighted by molar-refractivity contribution is 6.32. The van der Waals surface area contributed by atoms with Gasteiger partial charge in [0.1, 0.15) is 5.38 Å². The summed E-state index contributed by atoms with van der Waals surface area (Å²) in [5.74, 6) is -0.414. The van der Waals surface area contributed by atoms with E-state index in [2.05, 4.69) is 0 Å². The van der Waals surface area contributed by atoms with Crippen LogP contribution in [-0.2, 0) is 4.79 Å². The highest BCUT2D eigenvalue weighted by atomic mass is 35.5. The van der Waals surface area contributed by atoms with Gasteiger partial charge in [-0.1, -0.05) is 19.8 Å². The molecule has 0 aromatic heterocycles. The van der Waals surface area contributed by atoms with Crippen LogP contribution in [0.3, 0.4) is 0 Å². The molecule has 0 bridgehead atoms. The monoisotopic (exact) mass is 254 g/mol. The summed E-state index contributed by atoms with van der Waals surface area (Å²) >= 11 is 11.3. The van der Waals surface area contributed by atoms with Gasteiger partial charge in [-0.25, -0.2) is 9.21 Å². The molecular formula is C9H16Cl2N2O2. The van der Waals surface area contributed by atoms with E-state index < -0.39 is 17.3 Å². The van der Waals surface area contributed by atoms with Crippen molar-refractivity contribution in [2.45, 2.75) is 31.6 Å². The number of carbonyl (C=O) groups is 2. The Balaban J connectivity index is 4.24. The molecule has 4 nitrogen and oxygen atoms in total. The molecule has 1 atom stereocenters. The molecule has 3 amide bonds. The summed E-state index contributed by atoms with van der Waals surface area (Å²) < 4.78 is 0.821. The fourth-order valence-electron chi connectivity index (χ4n) is 1.02. The Hall–Kier alpha value is -0.480. The molecule has 0 aliphatic carbocycles. The lowest BCUT2D eigenvalue weighted by molar-refractivity contribution is -0.127. The number of nitrogens with zero attached hydrogens (tertiary/aromatic N) is 2. The molecular weight excluding hydrogens is 239 g/mol. The van der Waals surface area contributed by atoms with Gasteiger partial charge in [0.15, 0.2) is 0 Å². The van der Waals surface area contributed by atoms with Gasteiger partial charge in [0.2, 0.25) is 5.91 Å². The molecule has 0 N–H and O–H groups in total. The second-order valence-electron chi connectivity index (χ2n) is 3.27. The van der Waals surface area contributed by atoms with E-state index in [0.717, 1.165) is 22.2 Å². The fraction of sp³-hybridized carbons (Fsp3) is 0.778. The first-order valence-corrected chi connectivity index (χ1v) is 5.54. The summed E-state index contributed by atoms with van der Waals surface area (Å²) in [6.07, 6.45) is 2.39. The summed E-state index contributed by atoms with van der Waals surface area (Å²) in [7, 11) is 2.73. The maximum absolute atomic E-state index is 11.6. The molecule has 0 fully saturated rings. The largest absolute Gasteiger partial charge is 0.340 e. The lowest BCUT2D eigenvalue weighted by Crippen LogP contribution is -2.42. The molecule has 15 heavy (non-hydrogen) atoms.